The Balaban J connectivity index is 1.79. The Kier molecular flexibility index (Phi) is 4.94. The molecule has 0 amide bonds. The van der Waals surface area contributed by atoms with Gasteiger partial charge < -0.3 is 5.32 Å². The van der Waals surface area contributed by atoms with Gasteiger partial charge in [0, 0.05) is 44.1 Å². The number of rotatable bonds is 6. The van der Waals surface area contributed by atoms with Crippen LogP contribution in [0.5, 0.6) is 0 Å². The fourth-order valence-electron chi connectivity index (χ4n) is 3.32. The fraction of sp³-hybridized carbons (Fsp3) is 0.812. The van der Waals surface area contributed by atoms with E-state index in [1.165, 1.54) is 48.3 Å². The highest BCUT2D eigenvalue weighted by molar-refractivity contribution is 7.11. The van der Waals surface area contributed by atoms with Crippen molar-refractivity contribution in [2.75, 3.05) is 39.3 Å². The molecule has 1 aromatic heterocycles. The highest BCUT2D eigenvalue weighted by Gasteiger charge is 2.35. The molecule has 4 rings (SSSR count). The maximum absolute atomic E-state index is 5.06. The molecular weight excluding hydrogens is 280 g/mol. The third-order valence-corrected chi connectivity index (χ3v) is 5.69. The molecule has 3 aliphatic heterocycles. The maximum Gasteiger partial charge on any atom is 0.112 e. The highest BCUT2D eigenvalue weighted by Crippen LogP contribution is 2.33. The van der Waals surface area contributed by atoms with Gasteiger partial charge in [-0.05, 0) is 18.9 Å². The number of hydrogen-bond donors (Lipinski definition) is 1. The summed E-state index contributed by atoms with van der Waals surface area (Å²) in [6.45, 7) is 14.8. The molecule has 118 valence electrons. The Morgan fingerprint density at radius 1 is 1.29 bits per heavy atom. The minimum Gasteiger partial charge on any atom is -0.312 e. The van der Waals surface area contributed by atoms with E-state index in [4.69, 9.17) is 4.98 Å². The van der Waals surface area contributed by atoms with Crippen molar-refractivity contribution in [3.05, 3.63) is 15.6 Å². The number of thiazole rings is 1. The third-order valence-electron chi connectivity index (χ3n) is 4.50. The molecule has 21 heavy (non-hydrogen) atoms. The van der Waals surface area contributed by atoms with Crippen LogP contribution in [0.15, 0.2) is 0 Å². The van der Waals surface area contributed by atoms with Crippen LogP contribution < -0.4 is 5.32 Å². The van der Waals surface area contributed by atoms with Crippen molar-refractivity contribution in [1.82, 2.24) is 20.1 Å². The summed E-state index contributed by atoms with van der Waals surface area (Å²) in [4.78, 5) is 11.7. The number of fused-ring (bicyclic) bond motifs is 3. The van der Waals surface area contributed by atoms with E-state index in [2.05, 4.69) is 35.9 Å². The first kappa shape index (κ1) is 15.4. The average Bonchev–Trinajstić information content (AvgIpc) is 2.88. The van der Waals surface area contributed by atoms with Crippen molar-refractivity contribution in [1.29, 1.82) is 0 Å². The van der Waals surface area contributed by atoms with Crippen LogP contribution in [0.4, 0.5) is 0 Å². The van der Waals surface area contributed by atoms with Crippen molar-refractivity contribution in [3.8, 4) is 0 Å². The van der Waals surface area contributed by atoms with Gasteiger partial charge >= 0.3 is 0 Å². The molecule has 4 heterocycles. The zero-order valence-electron chi connectivity index (χ0n) is 13.6. The zero-order valence-corrected chi connectivity index (χ0v) is 14.4. The van der Waals surface area contributed by atoms with E-state index < -0.39 is 0 Å². The lowest BCUT2D eigenvalue weighted by molar-refractivity contribution is 0.0122. The van der Waals surface area contributed by atoms with Gasteiger partial charge in [0.2, 0.25) is 0 Å². The van der Waals surface area contributed by atoms with Gasteiger partial charge in [0.1, 0.15) is 5.01 Å². The molecule has 3 aliphatic rings. The van der Waals surface area contributed by atoms with Crippen LogP contribution >= 0.6 is 11.3 Å². The lowest BCUT2D eigenvalue weighted by Crippen LogP contribution is -2.56. The van der Waals surface area contributed by atoms with E-state index in [1.807, 2.05) is 11.3 Å². The number of aromatic nitrogens is 1. The Hall–Kier alpha value is -0.490. The first-order chi connectivity index (χ1) is 10.2. The van der Waals surface area contributed by atoms with Crippen molar-refractivity contribution in [2.24, 2.45) is 5.92 Å². The van der Waals surface area contributed by atoms with Crippen LogP contribution in [0.25, 0.3) is 0 Å². The van der Waals surface area contributed by atoms with Gasteiger partial charge in [0.05, 0.1) is 11.7 Å². The Morgan fingerprint density at radius 2 is 2.05 bits per heavy atom. The lowest BCUT2D eigenvalue weighted by Gasteiger charge is -2.46. The summed E-state index contributed by atoms with van der Waals surface area (Å²) in [6.07, 6.45) is 1.10. The predicted octanol–water partition coefficient (Wildman–Crippen LogP) is 2.12. The quantitative estimate of drug-likeness (QED) is 0.872. The monoisotopic (exact) mass is 308 g/mol. The molecule has 4 nitrogen and oxygen atoms in total. The number of hydrogen-bond acceptors (Lipinski definition) is 5. The SMILES string of the molecule is CCNCc1sc(C2CN3CCN2CC3)nc1CC(C)C. The molecule has 5 heteroatoms. The maximum atomic E-state index is 5.06. The van der Waals surface area contributed by atoms with E-state index in [1.54, 1.807) is 0 Å². The summed E-state index contributed by atoms with van der Waals surface area (Å²) in [6, 6.07) is 0.541. The van der Waals surface area contributed by atoms with Crippen molar-refractivity contribution >= 4 is 11.3 Å². The number of piperazine rings is 3. The molecule has 1 aromatic rings. The topological polar surface area (TPSA) is 31.4 Å². The van der Waals surface area contributed by atoms with Crippen LogP contribution in [-0.2, 0) is 13.0 Å². The summed E-state index contributed by atoms with van der Waals surface area (Å²) in [7, 11) is 0. The standard InChI is InChI=1S/C16H28N4S/c1-4-17-10-15-13(9-12(2)3)18-16(21-15)14-11-19-5-7-20(14)8-6-19/h12,14,17H,4-11H2,1-3H3. The van der Waals surface area contributed by atoms with Gasteiger partial charge in [-0.3, -0.25) is 9.80 Å². The van der Waals surface area contributed by atoms with Gasteiger partial charge in [0.25, 0.3) is 0 Å². The van der Waals surface area contributed by atoms with Crippen LogP contribution in [0, 0.1) is 5.92 Å². The summed E-state index contributed by atoms with van der Waals surface area (Å²) in [5, 5.41) is 4.82. The number of nitrogens with zero attached hydrogens (tertiary/aromatic N) is 3. The third kappa shape index (κ3) is 3.47. The fourth-order valence-corrected chi connectivity index (χ4v) is 4.51. The van der Waals surface area contributed by atoms with E-state index in [0.29, 0.717) is 12.0 Å². The molecule has 2 bridgehead atoms. The highest BCUT2D eigenvalue weighted by atomic mass is 32.1. The molecule has 1 atom stereocenters. The molecule has 1 N–H and O–H groups in total. The molecule has 3 fully saturated rings. The van der Waals surface area contributed by atoms with Crippen LogP contribution in [-0.4, -0.2) is 54.1 Å². The molecule has 0 aromatic carbocycles. The van der Waals surface area contributed by atoms with Crippen molar-refractivity contribution in [3.63, 3.8) is 0 Å². The molecule has 0 aliphatic carbocycles. The molecular formula is C16H28N4S. The van der Waals surface area contributed by atoms with Crippen LogP contribution in [0.2, 0.25) is 0 Å². The molecule has 1 unspecified atom stereocenters. The van der Waals surface area contributed by atoms with E-state index in [0.717, 1.165) is 19.5 Å². The number of nitrogens with one attached hydrogen (secondary N) is 1. The molecule has 0 radical (unpaired) electrons. The van der Waals surface area contributed by atoms with Gasteiger partial charge in [-0.1, -0.05) is 20.8 Å². The van der Waals surface area contributed by atoms with Gasteiger partial charge in [-0.15, -0.1) is 11.3 Å². The Labute approximate surface area is 132 Å². The first-order valence-electron chi connectivity index (χ1n) is 8.33. The molecule has 3 saturated heterocycles. The smallest absolute Gasteiger partial charge is 0.112 e. The summed E-state index contributed by atoms with van der Waals surface area (Å²) >= 11 is 1.95. The van der Waals surface area contributed by atoms with Gasteiger partial charge in [-0.25, -0.2) is 4.98 Å². The zero-order chi connectivity index (χ0) is 14.8. The first-order valence-corrected chi connectivity index (χ1v) is 9.14. The Bertz CT molecular complexity index is 463. The average molecular weight is 308 g/mol. The second-order valence-electron chi connectivity index (χ2n) is 6.65. The molecule has 0 saturated carbocycles. The van der Waals surface area contributed by atoms with Crippen molar-refractivity contribution in [2.45, 2.75) is 39.8 Å². The summed E-state index contributed by atoms with van der Waals surface area (Å²) in [5.41, 5.74) is 1.34. The van der Waals surface area contributed by atoms with Crippen LogP contribution in [0.3, 0.4) is 0 Å². The van der Waals surface area contributed by atoms with E-state index in [9.17, 15) is 0 Å². The largest absolute Gasteiger partial charge is 0.312 e. The van der Waals surface area contributed by atoms with Gasteiger partial charge in [0.15, 0.2) is 0 Å². The van der Waals surface area contributed by atoms with Crippen molar-refractivity contribution < 1.29 is 0 Å². The normalized spacial score (nSPS) is 28.5. The predicted molar refractivity (Wildman–Crippen MR) is 88.8 cm³/mol. The minimum absolute atomic E-state index is 0.541. The van der Waals surface area contributed by atoms with E-state index in [-0.39, 0.29) is 0 Å². The lowest BCUT2D eigenvalue weighted by atomic mass is 10.1. The second-order valence-corrected chi connectivity index (χ2v) is 7.77. The van der Waals surface area contributed by atoms with Crippen LogP contribution in [0.1, 0.15) is 42.4 Å². The summed E-state index contributed by atoms with van der Waals surface area (Å²) < 4.78 is 0. The Morgan fingerprint density at radius 3 is 2.62 bits per heavy atom. The second kappa shape index (κ2) is 6.73. The minimum atomic E-state index is 0.541. The van der Waals surface area contributed by atoms with Gasteiger partial charge in [-0.2, -0.15) is 0 Å². The summed E-state index contributed by atoms with van der Waals surface area (Å²) in [5.74, 6) is 0.673. The van der Waals surface area contributed by atoms with E-state index >= 15 is 0 Å². The molecule has 0 spiro atoms.